The maximum absolute atomic E-state index is 10.1. The third-order valence-electron chi connectivity index (χ3n) is 1.30. The molecule has 3 N–H and O–H groups in total. The first-order valence-corrected chi connectivity index (χ1v) is 3.23. The minimum atomic E-state index is -0.785. The predicted octanol–water partition coefficient (Wildman–Crippen LogP) is 0.100. The molecule has 0 aliphatic rings. The fourth-order valence-electron chi connectivity index (χ4n) is 0.500. The lowest BCUT2D eigenvalue weighted by Crippen LogP contribution is -2.20. The van der Waals surface area contributed by atoms with Crippen LogP contribution >= 0.6 is 0 Å². The molecule has 0 fully saturated rings. The number of ether oxygens (including phenoxy) is 1. The van der Waals surface area contributed by atoms with Gasteiger partial charge in [0.15, 0.2) is 0 Å². The zero-order valence-corrected chi connectivity index (χ0v) is 6.04. The maximum Gasteiger partial charge on any atom is 0.404 e. The van der Waals surface area contributed by atoms with E-state index < -0.39 is 6.09 Å². The van der Waals surface area contributed by atoms with Crippen molar-refractivity contribution in [1.29, 1.82) is 0 Å². The molecule has 0 aromatic rings. The highest BCUT2D eigenvalue weighted by Crippen LogP contribution is 2.00. The lowest BCUT2D eigenvalue weighted by atomic mass is 10.1. The minimum Gasteiger partial charge on any atom is -0.449 e. The van der Waals surface area contributed by atoms with E-state index in [9.17, 15) is 4.79 Å². The molecule has 0 aliphatic heterocycles. The van der Waals surface area contributed by atoms with Crippen molar-refractivity contribution in [3.8, 4) is 0 Å². The average molecular weight is 147 g/mol. The first-order chi connectivity index (χ1) is 4.70. The van der Waals surface area contributed by atoms with E-state index >= 15 is 0 Å². The summed E-state index contributed by atoms with van der Waals surface area (Å²) in [4.78, 5) is 10.1. The van der Waals surface area contributed by atoms with Gasteiger partial charge in [-0.1, -0.05) is 6.92 Å². The average Bonchev–Trinajstić information content (AvgIpc) is 1.90. The van der Waals surface area contributed by atoms with E-state index in [0.29, 0.717) is 0 Å². The zero-order chi connectivity index (χ0) is 7.98. The van der Waals surface area contributed by atoms with Gasteiger partial charge < -0.3 is 15.6 Å². The van der Waals surface area contributed by atoms with Gasteiger partial charge in [0, 0.05) is 12.5 Å². The molecule has 1 unspecified atom stereocenters. The summed E-state index contributed by atoms with van der Waals surface area (Å²) < 4.78 is 4.46. The number of primary amides is 1. The maximum atomic E-state index is 10.1. The molecule has 1 amide bonds. The van der Waals surface area contributed by atoms with Crippen molar-refractivity contribution in [1.82, 2.24) is 0 Å². The Morgan fingerprint density at radius 1 is 1.80 bits per heavy atom. The Balaban J connectivity index is 3.34. The van der Waals surface area contributed by atoms with Gasteiger partial charge in [0.1, 0.15) is 0 Å². The number of hydrogen-bond acceptors (Lipinski definition) is 3. The summed E-state index contributed by atoms with van der Waals surface area (Å²) >= 11 is 0. The molecule has 4 nitrogen and oxygen atoms in total. The number of aliphatic hydroxyl groups is 1. The van der Waals surface area contributed by atoms with Crippen molar-refractivity contribution in [3.63, 3.8) is 0 Å². The molecule has 0 aromatic heterocycles. The topological polar surface area (TPSA) is 72.6 Å². The fraction of sp³-hybridized carbons (Fsp3) is 0.833. The van der Waals surface area contributed by atoms with Gasteiger partial charge >= 0.3 is 6.09 Å². The van der Waals surface area contributed by atoms with E-state index in [-0.39, 0.29) is 19.1 Å². The van der Waals surface area contributed by atoms with Crippen LogP contribution in [-0.2, 0) is 4.74 Å². The van der Waals surface area contributed by atoms with Crippen LogP contribution in [0.5, 0.6) is 0 Å². The zero-order valence-electron chi connectivity index (χ0n) is 6.04. The van der Waals surface area contributed by atoms with Gasteiger partial charge in [0.05, 0.1) is 6.61 Å². The van der Waals surface area contributed by atoms with Crippen LogP contribution in [0, 0.1) is 5.92 Å². The molecule has 0 spiro atoms. The molecule has 10 heavy (non-hydrogen) atoms. The van der Waals surface area contributed by atoms with E-state index in [1.807, 2.05) is 6.92 Å². The Labute approximate surface area is 60.0 Å². The van der Waals surface area contributed by atoms with Gasteiger partial charge in [-0.15, -0.1) is 0 Å². The third kappa shape index (κ3) is 4.14. The fourth-order valence-corrected chi connectivity index (χ4v) is 0.500. The SMILES string of the molecule is CCC(CO)COC(N)=O. The summed E-state index contributed by atoms with van der Waals surface area (Å²) in [6.07, 6.45) is -0.00375. The first-order valence-electron chi connectivity index (χ1n) is 3.23. The molecular formula is C6H13NO3. The van der Waals surface area contributed by atoms with Crippen LogP contribution in [-0.4, -0.2) is 24.4 Å². The minimum absolute atomic E-state index is 0.0208. The highest BCUT2D eigenvalue weighted by Gasteiger charge is 2.05. The number of nitrogens with two attached hydrogens (primary N) is 1. The van der Waals surface area contributed by atoms with Gasteiger partial charge in [0.25, 0.3) is 0 Å². The summed E-state index contributed by atoms with van der Waals surface area (Å²) in [5, 5.41) is 8.61. The molecule has 0 aromatic carbocycles. The second kappa shape index (κ2) is 5.05. The molecule has 0 bridgehead atoms. The van der Waals surface area contributed by atoms with Crippen LogP contribution in [0.3, 0.4) is 0 Å². The highest BCUT2D eigenvalue weighted by atomic mass is 16.5. The van der Waals surface area contributed by atoms with Crippen LogP contribution in [0.4, 0.5) is 4.79 Å². The summed E-state index contributed by atoms with van der Waals surface area (Å²) in [6, 6.07) is 0. The van der Waals surface area contributed by atoms with Gasteiger partial charge in [-0.25, -0.2) is 4.79 Å². The number of hydrogen-bond donors (Lipinski definition) is 2. The molecule has 0 saturated carbocycles. The second-order valence-electron chi connectivity index (χ2n) is 2.09. The van der Waals surface area contributed by atoms with Crippen molar-refractivity contribution < 1.29 is 14.6 Å². The van der Waals surface area contributed by atoms with Gasteiger partial charge in [-0.2, -0.15) is 0 Å². The van der Waals surface area contributed by atoms with Crippen molar-refractivity contribution >= 4 is 6.09 Å². The van der Waals surface area contributed by atoms with Crippen molar-refractivity contribution in [2.24, 2.45) is 11.7 Å². The molecule has 0 radical (unpaired) electrons. The number of amides is 1. The Morgan fingerprint density at radius 2 is 2.40 bits per heavy atom. The van der Waals surface area contributed by atoms with E-state index in [1.54, 1.807) is 0 Å². The summed E-state index contributed by atoms with van der Waals surface area (Å²) in [5.74, 6) is 0.0208. The predicted molar refractivity (Wildman–Crippen MR) is 36.4 cm³/mol. The lowest BCUT2D eigenvalue weighted by molar-refractivity contribution is 0.109. The molecular weight excluding hydrogens is 134 g/mol. The Kier molecular flexibility index (Phi) is 4.66. The Hall–Kier alpha value is -0.770. The van der Waals surface area contributed by atoms with E-state index in [1.165, 1.54) is 0 Å². The largest absolute Gasteiger partial charge is 0.449 e. The molecule has 0 heterocycles. The van der Waals surface area contributed by atoms with E-state index in [4.69, 9.17) is 10.8 Å². The summed E-state index contributed by atoms with van der Waals surface area (Å²) in [5.41, 5.74) is 4.71. The molecule has 0 aliphatic carbocycles. The quantitative estimate of drug-likeness (QED) is 0.592. The van der Waals surface area contributed by atoms with Crippen LogP contribution in [0.1, 0.15) is 13.3 Å². The third-order valence-corrected chi connectivity index (χ3v) is 1.30. The number of carbonyl (C=O) groups is 1. The smallest absolute Gasteiger partial charge is 0.404 e. The lowest BCUT2D eigenvalue weighted by Gasteiger charge is -2.09. The van der Waals surface area contributed by atoms with Gasteiger partial charge in [-0.05, 0) is 6.42 Å². The van der Waals surface area contributed by atoms with E-state index in [2.05, 4.69) is 4.74 Å². The first kappa shape index (κ1) is 9.23. The highest BCUT2D eigenvalue weighted by molar-refractivity contribution is 5.64. The van der Waals surface area contributed by atoms with Crippen molar-refractivity contribution in [3.05, 3.63) is 0 Å². The van der Waals surface area contributed by atoms with Gasteiger partial charge in [0.2, 0.25) is 0 Å². The molecule has 0 saturated heterocycles. The molecule has 0 rings (SSSR count). The van der Waals surface area contributed by atoms with Crippen LogP contribution in [0.15, 0.2) is 0 Å². The van der Waals surface area contributed by atoms with Crippen LogP contribution in [0.25, 0.3) is 0 Å². The van der Waals surface area contributed by atoms with Crippen molar-refractivity contribution in [2.75, 3.05) is 13.2 Å². The number of rotatable bonds is 4. The molecule has 1 atom stereocenters. The Bertz CT molecular complexity index is 101. The second-order valence-corrected chi connectivity index (χ2v) is 2.09. The van der Waals surface area contributed by atoms with Gasteiger partial charge in [-0.3, -0.25) is 0 Å². The monoisotopic (exact) mass is 147 g/mol. The number of carbonyl (C=O) groups excluding carboxylic acids is 1. The van der Waals surface area contributed by atoms with Crippen LogP contribution in [0.2, 0.25) is 0 Å². The normalized spacial score (nSPS) is 12.6. The number of aliphatic hydroxyl groups excluding tert-OH is 1. The molecule has 60 valence electrons. The van der Waals surface area contributed by atoms with Crippen molar-refractivity contribution in [2.45, 2.75) is 13.3 Å². The Morgan fingerprint density at radius 3 is 2.70 bits per heavy atom. The summed E-state index contributed by atoms with van der Waals surface area (Å²) in [7, 11) is 0. The van der Waals surface area contributed by atoms with Crippen LogP contribution < -0.4 is 5.73 Å². The van der Waals surface area contributed by atoms with E-state index in [0.717, 1.165) is 6.42 Å². The summed E-state index contributed by atoms with van der Waals surface area (Å²) in [6.45, 7) is 2.15. The standard InChI is InChI=1S/C6H13NO3/c1-2-5(3-8)4-10-6(7)9/h5,8H,2-4H2,1H3,(H2,7,9). The molecule has 4 heteroatoms.